The van der Waals surface area contributed by atoms with E-state index in [1.165, 1.54) is 5.69 Å². The standard InChI is InChI=1S/C25H41N5O.C2H6/c1-19(2)24(17-20(3)29(7)16-15-28(5)6)25(31)27-21(4)22-9-8-10-23(18-22)30-13-11-26-12-14-30;1-2/h8-10,17-18,21,26H,11-16H2,1-7H3,(H,27,31);1-2H3/b20-17+;. The number of amides is 1. The van der Waals surface area contributed by atoms with Gasteiger partial charge in [0.2, 0.25) is 0 Å². The van der Waals surface area contributed by atoms with Gasteiger partial charge in [0.25, 0.3) is 5.91 Å². The summed E-state index contributed by atoms with van der Waals surface area (Å²) in [5.41, 5.74) is 5.18. The van der Waals surface area contributed by atoms with Crippen molar-refractivity contribution in [3.63, 3.8) is 0 Å². The number of likely N-dealkylation sites (N-methyl/N-ethyl adjacent to an activating group) is 2. The molecule has 6 heteroatoms. The minimum absolute atomic E-state index is 0.0274. The van der Waals surface area contributed by atoms with Crippen LogP contribution >= 0.6 is 0 Å². The van der Waals surface area contributed by atoms with Gasteiger partial charge in [-0.25, -0.2) is 0 Å². The van der Waals surface area contributed by atoms with Crippen LogP contribution in [0.1, 0.15) is 53.1 Å². The minimum Gasteiger partial charge on any atom is -0.377 e. The maximum atomic E-state index is 13.1. The van der Waals surface area contributed by atoms with Crippen LogP contribution in [-0.4, -0.2) is 76.1 Å². The second-order valence-electron chi connectivity index (χ2n) is 8.95. The molecule has 0 bridgehead atoms. The maximum absolute atomic E-state index is 13.1. The molecule has 0 aromatic heterocycles. The highest BCUT2D eigenvalue weighted by Gasteiger charge is 2.16. The van der Waals surface area contributed by atoms with E-state index < -0.39 is 0 Å². The van der Waals surface area contributed by atoms with Crippen molar-refractivity contribution in [3.05, 3.63) is 52.7 Å². The van der Waals surface area contributed by atoms with Crippen molar-refractivity contribution >= 4 is 11.6 Å². The average molecular weight is 458 g/mol. The third-order valence-corrected chi connectivity index (χ3v) is 5.82. The second-order valence-corrected chi connectivity index (χ2v) is 8.95. The fourth-order valence-electron chi connectivity index (χ4n) is 3.55. The van der Waals surface area contributed by atoms with Crippen LogP contribution in [0.4, 0.5) is 5.69 Å². The molecule has 1 amide bonds. The molecule has 1 aliphatic heterocycles. The van der Waals surface area contributed by atoms with Gasteiger partial charge in [0.05, 0.1) is 6.04 Å². The van der Waals surface area contributed by atoms with Gasteiger partial charge >= 0.3 is 0 Å². The number of rotatable bonds is 9. The van der Waals surface area contributed by atoms with E-state index in [1.807, 2.05) is 33.8 Å². The molecular formula is C27H47N5O. The topological polar surface area (TPSA) is 50.9 Å². The summed E-state index contributed by atoms with van der Waals surface area (Å²) in [6.07, 6.45) is 2.00. The Kier molecular flexibility index (Phi) is 12.8. The first-order valence-corrected chi connectivity index (χ1v) is 12.3. The Morgan fingerprint density at radius 3 is 2.33 bits per heavy atom. The zero-order valence-electron chi connectivity index (χ0n) is 22.5. The van der Waals surface area contributed by atoms with Gasteiger partial charge in [0.15, 0.2) is 0 Å². The number of hydrogen-bond donors (Lipinski definition) is 2. The molecule has 1 aromatic carbocycles. The summed E-state index contributed by atoms with van der Waals surface area (Å²) < 4.78 is 0. The summed E-state index contributed by atoms with van der Waals surface area (Å²) in [5, 5.41) is 6.60. The fraction of sp³-hybridized carbons (Fsp3) is 0.593. The van der Waals surface area contributed by atoms with Crippen LogP contribution in [0.3, 0.4) is 0 Å². The highest BCUT2D eigenvalue weighted by Crippen LogP contribution is 2.22. The van der Waals surface area contributed by atoms with Gasteiger partial charge in [0, 0.05) is 63.3 Å². The van der Waals surface area contributed by atoms with Crippen molar-refractivity contribution in [1.82, 2.24) is 20.4 Å². The average Bonchev–Trinajstić information content (AvgIpc) is 2.82. The molecule has 1 aliphatic rings. The number of allylic oxidation sites excluding steroid dienone is 2. The van der Waals surface area contributed by atoms with Crippen LogP contribution < -0.4 is 15.5 Å². The fourth-order valence-corrected chi connectivity index (χ4v) is 3.55. The molecule has 0 radical (unpaired) electrons. The Morgan fingerprint density at radius 1 is 1.12 bits per heavy atom. The molecule has 1 atom stereocenters. The molecule has 0 saturated carbocycles. The molecule has 33 heavy (non-hydrogen) atoms. The molecule has 186 valence electrons. The SMILES string of the molecule is CC.CC(C)=C(/C=C(\C)N(C)CCN(C)C)C(=O)NC(C)c1cccc(N2CCNCC2)c1. The Morgan fingerprint density at radius 2 is 1.76 bits per heavy atom. The van der Waals surface area contributed by atoms with Gasteiger partial charge in [-0.1, -0.05) is 31.6 Å². The van der Waals surface area contributed by atoms with E-state index in [2.05, 4.69) is 84.6 Å². The lowest BCUT2D eigenvalue weighted by Gasteiger charge is -2.30. The molecule has 1 aromatic rings. The van der Waals surface area contributed by atoms with Crippen LogP contribution in [0.25, 0.3) is 0 Å². The highest BCUT2D eigenvalue weighted by molar-refractivity contribution is 5.97. The zero-order chi connectivity index (χ0) is 25.0. The normalized spacial score (nSPS) is 14.8. The van der Waals surface area contributed by atoms with Crippen molar-refractivity contribution in [3.8, 4) is 0 Å². The first-order valence-electron chi connectivity index (χ1n) is 12.3. The third-order valence-electron chi connectivity index (χ3n) is 5.82. The summed E-state index contributed by atoms with van der Waals surface area (Å²) in [5.74, 6) is -0.0274. The Balaban J connectivity index is 0.00000265. The predicted molar refractivity (Wildman–Crippen MR) is 143 cm³/mol. The van der Waals surface area contributed by atoms with E-state index in [0.29, 0.717) is 0 Å². The maximum Gasteiger partial charge on any atom is 0.251 e. The Labute approximate surface area is 202 Å². The second kappa shape index (κ2) is 14.8. The van der Waals surface area contributed by atoms with Gasteiger partial charge in [-0.05, 0) is 65.6 Å². The van der Waals surface area contributed by atoms with Crippen LogP contribution in [0.15, 0.2) is 47.2 Å². The number of anilines is 1. The predicted octanol–water partition coefficient (Wildman–Crippen LogP) is 4.03. The molecule has 1 saturated heterocycles. The number of nitrogens with zero attached hydrogens (tertiary/aromatic N) is 3. The monoisotopic (exact) mass is 457 g/mol. The first kappa shape index (κ1) is 28.7. The zero-order valence-corrected chi connectivity index (χ0v) is 22.5. The molecule has 1 heterocycles. The van der Waals surface area contributed by atoms with E-state index in [4.69, 9.17) is 0 Å². The van der Waals surface area contributed by atoms with E-state index in [0.717, 1.165) is 61.7 Å². The summed E-state index contributed by atoms with van der Waals surface area (Å²) >= 11 is 0. The molecular weight excluding hydrogens is 410 g/mol. The number of carbonyl (C=O) groups is 1. The summed E-state index contributed by atoms with van der Waals surface area (Å²) in [4.78, 5) is 19.9. The number of piperazine rings is 1. The number of carbonyl (C=O) groups excluding carboxylic acids is 1. The highest BCUT2D eigenvalue weighted by atomic mass is 16.1. The van der Waals surface area contributed by atoms with Gasteiger partial charge in [-0.15, -0.1) is 0 Å². The van der Waals surface area contributed by atoms with E-state index >= 15 is 0 Å². The Bertz CT molecular complexity index is 789. The van der Waals surface area contributed by atoms with Crippen molar-refractivity contribution in [2.24, 2.45) is 0 Å². The Hall–Kier alpha value is -2.31. The van der Waals surface area contributed by atoms with Crippen molar-refractivity contribution in [2.75, 3.05) is 65.3 Å². The smallest absolute Gasteiger partial charge is 0.251 e. The van der Waals surface area contributed by atoms with E-state index in [1.54, 1.807) is 0 Å². The van der Waals surface area contributed by atoms with Crippen LogP contribution in [0.2, 0.25) is 0 Å². The quantitative estimate of drug-likeness (QED) is 0.433. The molecule has 2 rings (SSSR count). The summed E-state index contributed by atoms with van der Waals surface area (Å²) in [6.45, 7) is 18.0. The van der Waals surface area contributed by atoms with Crippen LogP contribution in [-0.2, 0) is 4.79 Å². The van der Waals surface area contributed by atoms with Gasteiger partial charge in [-0.3, -0.25) is 4.79 Å². The van der Waals surface area contributed by atoms with Crippen molar-refractivity contribution in [1.29, 1.82) is 0 Å². The van der Waals surface area contributed by atoms with E-state index in [-0.39, 0.29) is 11.9 Å². The number of hydrogen-bond acceptors (Lipinski definition) is 5. The number of nitrogens with one attached hydrogen (secondary N) is 2. The van der Waals surface area contributed by atoms with Crippen molar-refractivity contribution < 1.29 is 4.79 Å². The van der Waals surface area contributed by atoms with Crippen LogP contribution in [0.5, 0.6) is 0 Å². The molecule has 2 N–H and O–H groups in total. The molecule has 0 spiro atoms. The third kappa shape index (κ3) is 9.60. The minimum atomic E-state index is -0.0649. The lowest BCUT2D eigenvalue weighted by molar-refractivity contribution is -0.117. The largest absolute Gasteiger partial charge is 0.377 e. The molecule has 1 unspecified atom stereocenters. The lowest BCUT2D eigenvalue weighted by Crippen LogP contribution is -2.43. The summed E-state index contributed by atoms with van der Waals surface area (Å²) in [7, 11) is 6.21. The van der Waals surface area contributed by atoms with Crippen molar-refractivity contribution in [2.45, 2.75) is 47.6 Å². The van der Waals surface area contributed by atoms with E-state index in [9.17, 15) is 4.79 Å². The van der Waals surface area contributed by atoms with Crippen LogP contribution in [0, 0.1) is 0 Å². The summed E-state index contributed by atoms with van der Waals surface area (Å²) in [6, 6.07) is 8.47. The molecule has 6 nitrogen and oxygen atoms in total. The van der Waals surface area contributed by atoms with Gasteiger partial charge in [-0.2, -0.15) is 0 Å². The number of benzene rings is 1. The first-order chi connectivity index (χ1) is 15.7. The molecule has 1 fully saturated rings. The molecule has 0 aliphatic carbocycles. The van der Waals surface area contributed by atoms with Gasteiger partial charge < -0.3 is 25.3 Å². The lowest BCUT2D eigenvalue weighted by atomic mass is 10.0. The van der Waals surface area contributed by atoms with Gasteiger partial charge in [0.1, 0.15) is 0 Å².